The summed E-state index contributed by atoms with van der Waals surface area (Å²) < 4.78 is 1.18. The second kappa shape index (κ2) is 6.83. The lowest BCUT2D eigenvalue weighted by Crippen LogP contribution is -2.30. The lowest BCUT2D eigenvalue weighted by molar-refractivity contribution is 0.476. The topological polar surface area (TPSA) is 24.9 Å². The van der Waals surface area contributed by atoms with Gasteiger partial charge < -0.3 is 5.32 Å². The molecule has 0 aliphatic heterocycles. The number of rotatable bonds is 5. The molecule has 1 aromatic carbocycles. The fourth-order valence-electron chi connectivity index (χ4n) is 2.21. The molecule has 0 spiro atoms. The third-order valence-electron chi connectivity index (χ3n) is 3.20. The predicted octanol–water partition coefficient (Wildman–Crippen LogP) is 4.13. The van der Waals surface area contributed by atoms with Crippen LogP contribution in [-0.2, 0) is 6.42 Å². The van der Waals surface area contributed by atoms with Crippen molar-refractivity contribution < 1.29 is 0 Å². The van der Waals surface area contributed by atoms with E-state index in [-0.39, 0.29) is 0 Å². The van der Waals surface area contributed by atoms with Crippen molar-refractivity contribution in [1.82, 2.24) is 10.3 Å². The molecule has 2 rings (SSSR count). The molecular weight excluding hydrogens is 300 g/mol. The Kier molecular flexibility index (Phi) is 5.11. The molecule has 0 aliphatic rings. The van der Waals surface area contributed by atoms with Crippen molar-refractivity contribution in [2.45, 2.75) is 32.4 Å². The number of hydrogen-bond acceptors (Lipinski definition) is 2. The molecule has 2 aromatic rings. The number of benzene rings is 1. The lowest BCUT2D eigenvalue weighted by atomic mass is 10.0. The van der Waals surface area contributed by atoms with Gasteiger partial charge in [0.2, 0.25) is 0 Å². The first-order valence-corrected chi connectivity index (χ1v) is 7.35. The van der Waals surface area contributed by atoms with E-state index in [1.807, 2.05) is 18.3 Å². The van der Waals surface area contributed by atoms with Gasteiger partial charge in [0.05, 0.1) is 0 Å². The monoisotopic (exact) mass is 318 g/mol. The third-order valence-corrected chi connectivity index (χ3v) is 3.98. The summed E-state index contributed by atoms with van der Waals surface area (Å²) in [6.07, 6.45) is 4.73. The Morgan fingerprint density at radius 1 is 1.16 bits per heavy atom. The highest BCUT2D eigenvalue weighted by molar-refractivity contribution is 9.10. The zero-order valence-electron chi connectivity index (χ0n) is 11.3. The Labute approximate surface area is 123 Å². The first-order chi connectivity index (χ1) is 9.16. The van der Waals surface area contributed by atoms with Gasteiger partial charge >= 0.3 is 0 Å². The Bertz CT molecular complexity index is 513. The van der Waals surface area contributed by atoms with E-state index in [9.17, 15) is 0 Å². The Morgan fingerprint density at radius 2 is 1.95 bits per heavy atom. The van der Waals surface area contributed by atoms with Crippen LogP contribution in [0.25, 0.3) is 0 Å². The summed E-state index contributed by atoms with van der Waals surface area (Å²) in [4.78, 5) is 4.16. The Balaban J connectivity index is 1.95. The van der Waals surface area contributed by atoms with Crippen LogP contribution in [0, 0.1) is 0 Å². The zero-order valence-corrected chi connectivity index (χ0v) is 12.9. The van der Waals surface area contributed by atoms with E-state index in [2.05, 4.69) is 64.3 Å². The van der Waals surface area contributed by atoms with E-state index in [0.717, 1.165) is 6.42 Å². The van der Waals surface area contributed by atoms with Crippen molar-refractivity contribution in [3.63, 3.8) is 0 Å². The molecule has 2 atom stereocenters. The predicted molar refractivity (Wildman–Crippen MR) is 83.1 cm³/mol. The number of aromatic nitrogens is 1. The largest absolute Gasteiger partial charge is 0.307 e. The second-order valence-corrected chi connectivity index (χ2v) is 5.73. The van der Waals surface area contributed by atoms with Crippen molar-refractivity contribution >= 4 is 15.9 Å². The van der Waals surface area contributed by atoms with Crippen LogP contribution in [-0.4, -0.2) is 11.0 Å². The molecule has 0 bridgehead atoms. The molecule has 2 nitrogen and oxygen atoms in total. The van der Waals surface area contributed by atoms with E-state index < -0.39 is 0 Å². The molecule has 3 heteroatoms. The van der Waals surface area contributed by atoms with Crippen molar-refractivity contribution in [1.29, 1.82) is 0 Å². The molecule has 19 heavy (non-hydrogen) atoms. The average molecular weight is 319 g/mol. The van der Waals surface area contributed by atoms with Crippen molar-refractivity contribution in [2.24, 2.45) is 0 Å². The van der Waals surface area contributed by atoms with Gasteiger partial charge in [0.1, 0.15) is 0 Å². The fraction of sp³-hybridized carbons (Fsp3) is 0.312. The average Bonchev–Trinajstić information content (AvgIpc) is 2.42. The van der Waals surface area contributed by atoms with E-state index in [1.165, 1.54) is 15.6 Å². The van der Waals surface area contributed by atoms with Gasteiger partial charge in [0.15, 0.2) is 0 Å². The normalized spacial score (nSPS) is 14.1. The fourth-order valence-corrected chi connectivity index (χ4v) is 2.65. The summed E-state index contributed by atoms with van der Waals surface area (Å²) in [5.41, 5.74) is 2.56. The maximum atomic E-state index is 4.16. The van der Waals surface area contributed by atoms with Crippen molar-refractivity contribution in [2.75, 3.05) is 0 Å². The van der Waals surface area contributed by atoms with Crippen molar-refractivity contribution in [3.05, 3.63) is 64.4 Å². The van der Waals surface area contributed by atoms with E-state index in [4.69, 9.17) is 0 Å². The molecule has 0 unspecified atom stereocenters. The summed E-state index contributed by atoms with van der Waals surface area (Å²) in [5.74, 6) is 0. The van der Waals surface area contributed by atoms with Gasteiger partial charge in [-0.25, -0.2) is 0 Å². The van der Waals surface area contributed by atoms with E-state index >= 15 is 0 Å². The summed E-state index contributed by atoms with van der Waals surface area (Å²) in [5, 5.41) is 3.61. The summed E-state index contributed by atoms with van der Waals surface area (Å²) >= 11 is 3.60. The highest BCUT2D eigenvalue weighted by atomic mass is 79.9. The van der Waals surface area contributed by atoms with Gasteiger partial charge in [-0.2, -0.15) is 0 Å². The van der Waals surface area contributed by atoms with Gasteiger partial charge in [-0.3, -0.25) is 4.98 Å². The molecule has 0 saturated heterocycles. The Morgan fingerprint density at radius 3 is 2.63 bits per heavy atom. The van der Waals surface area contributed by atoms with Crippen molar-refractivity contribution in [3.8, 4) is 0 Å². The maximum Gasteiger partial charge on any atom is 0.0315 e. The smallest absolute Gasteiger partial charge is 0.0315 e. The lowest BCUT2D eigenvalue weighted by Gasteiger charge is -2.20. The van der Waals surface area contributed by atoms with E-state index in [0.29, 0.717) is 12.1 Å². The standard InChI is InChI=1S/C16H19BrN2/c1-12(10-14-6-3-4-8-16(14)17)19-13(2)15-7-5-9-18-11-15/h3-9,11-13,19H,10H2,1-2H3/t12-,13+/m1/s1. The van der Waals surface area contributed by atoms with Crippen LogP contribution in [0.5, 0.6) is 0 Å². The summed E-state index contributed by atoms with van der Waals surface area (Å²) in [6, 6.07) is 13.2. The minimum Gasteiger partial charge on any atom is -0.307 e. The minimum absolute atomic E-state index is 0.311. The van der Waals surface area contributed by atoms with Crippen LogP contribution in [0.4, 0.5) is 0 Å². The van der Waals surface area contributed by atoms with E-state index in [1.54, 1.807) is 6.20 Å². The van der Waals surface area contributed by atoms with Gasteiger partial charge in [0, 0.05) is 29.0 Å². The molecule has 1 aromatic heterocycles. The van der Waals surface area contributed by atoms with Crippen LogP contribution in [0.15, 0.2) is 53.3 Å². The molecule has 0 radical (unpaired) electrons. The van der Waals surface area contributed by atoms with Gasteiger partial charge in [-0.15, -0.1) is 0 Å². The molecule has 0 fully saturated rings. The van der Waals surface area contributed by atoms with Gasteiger partial charge in [-0.1, -0.05) is 40.2 Å². The number of pyridine rings is 1. The molecule has 100 valence electrons. The zero-order chi connectivity index (χ0) is 13.7. The third kappa shape index (κ3) is 4.15. The van der Waals surface area contributed by atoms with Crippen LogP contribution >= 0.6 is 15.9 Å². The number of nitrogens with zero attached hydrogens (tertiary/aromatic N) is 1. The highest BCUT2D eigenvalue weighted by Gasteiger charge is 2.11. The van der Waals surface area contributed by atoms with Gasteiger partial charge in [-0.05, 0) is 43.5 Å². The first-order valence-electron chi connectivity index (χ1n) is 6.56. The molecule has 1 heterocycles. The van der Waals surface area contributed by atoms with Crippen LogP contribution < -0.4 is 5.32 Å². The SMILES string of the molecule is C[C@H](Cc1ccccc1Br)N[C@@H](C)c1cccnc1. The number of halogens is 1. The summed E-state index contributed by atoms with van der Waals surface area (Å²) in [7, 11) is 0. The summed E-state index contributed by atoms with van der Waals surface area (Å²) in [6.45, 7) is 4.39. The van der Waals surface area contributed by atoms with Crippen LogP contribution in [0.1, 0.15) is 31.0 Å². The Hall–Kier alpha value is -1.19. The molecular formula is C16H19BrN2. The second-order valence-electron chi connectivity index (χ2n) is 4.87. The molecule has 0 amide bonds. The number of nitrogens with one attached hydrogen (secondary N) is 1. The minimum atomic E-state index is 0.311. The molecule has 1 N–H and O–H groups in total. The highest BCUT2D eigenvalue weighted by Crippen LogP contribution is 2.18. The van der Waals surface area contributed by atoms with Gasteiger partial charge in [0.25, 0.3) is 0 Å². The van der Waals surface area contributed by atoms with Crippen LogP contribution in [0.3, 0.4) is 0 Å². The number of hydrogen-bond donors (Lipinski definition) is 1. The first kappa shape index (κ1) is 14.2. The van der Waals surface area contributed by atoms with Crippen LogP contribution in [0.2, 0.25) is 0 Å². The maximum absolute atomic E-state index is 4.16. The quantitative estimate of drug-likeness (QED) is 0.896. The molecule has 0 aliphatic carbocycles. The molecule has 0 saturated carbocycles.